The van der Waals surface area contributed by atoms with Gasteiger partial charge in [-0.1, -0.05) is 13.8 Å². The fourth-order valence-corrected chi connectivity index (χ4v) is 3.50. The van der Waals surface area contributed by atoms with E-state index in [9.17, 15) is 0 Å². The van der Waals surface area contributed by atoms with Gasteiger partial charge in [0, 0.05) is 17.9 Å². The summed E-state index contributed by atoms with van der Waals surface area (Å²) in [6.45, 7) is 5.99. The van der Waals surface area contributed by atoms with E-state index in [-0.39, 0.29) is 0 Å². The zero-order valence-electron chi connectivity index (χ0n) is 12.6. The molecule has 0 spiro atoms. The van der Waals surface area contributed by atoms with Crippen LogP contribution in [0.25, 0.3) is 0 Å². The average molecular weight is 275 g/mol. The Balaban J connectivity index is 1.76. The second-order valence-electron chi connectivity index (χ2n) is 6.55. The summed E-state index contributed by atoms with van der Waals surface area (Å²) in [6.07, 6.45) is 5.88. The molecule has 20 heavy (non-hydrogen) atoms. The third-order valence-electron chi connectivity index (χ3n) is 4.95. The molecule has 1 aromatic rings. The number of ether oxygens (including phenoxy) is 1. The predicted molar refractivity (Wildman–Crippen MR) is 79.3 cm³/mol. The number of rotatable bonds is 2. The number of fused-ring (bicyclic) bond motifs is 1. The maximum Gasteiger partial charge on any atom is 0.134 e. The van der Waals surface area contributed by atoms with E-state index in [0.717, 1.165) is 41.9 Å². The van der Waals surface area contributed by atoms with Crippen LogP contribution in [0.5, 0.6) is 0 Å². The Morgan fingerprint density at radius 1 is 1.15 bits per heavy atom. The molecule has 0 aromatic carbocycles. The van der Waals surface area contributed by atoms with Gasteiger partial charge < -0.3 is 10.5 Å². The first kappa shape index (κ1) is 13.8. The van der Waals surface area contributed by atoms with Crippen LogP contribution in [0.3, 0.4) is 0 Å². The smallest absolute Gasteiger partial charge is 0.134 e. The molecule has 4 heteroatoms. The lowest BCUT2D eigenvalue weighted by Gasteiger charge is -2.30. The first-order chi connectivity index (χ1) is 9.65. The van der Waals surface area contributed by atoms with E-state index >= 15 is 0 Å². The lowest BCUT2D eigenvalue weighted by Crippen LogP contribution is -2.22. The van der Waals surface area contributed by atoms with Crippen molar-refractivity contribution in [2.45, 2.75) is 58.5 Å². The number of anilines is 1. The van der Waals surface area contributed by atoms with Crippen molar-refractivity contribution in [1.29, 1.82) is 0 Å². The van der Waals surface area contributed by atoms with Crippen molar-refractivity contribution < 1.29 is 4.74 Å². The largest absolute Gasteiger partial charge is 0.383 e. The molecule has 0 atom stereocenters. The summed E-state index contributed by atoms with van der Waals surface area (Å²) in [5.74, 6) is 3.78. The van der Waals surface area contributed by atoms with Gasteiger partial charge in [-0.2, -0.15) is 0 Å². The lowest BCUT2D eigenvalue weighted by molar-refractivity contribution is 0.109. The Hall–Kier alpha value is -1.16. The van der Waals surface area contributed by atoms with Gasteiger partial charge in [-0.25, -0.2) is 9.97 Å². The zero-order valence-corrected chi connectivity index (χ0v) is 12.6. The summed E-state index contributed by atoms with van der Waals surface area (Å²) in [4.78, 5) is 9.36. The first-order valence-corrected chi connectivity index (χ1v) is 7.88. The van der Waals surface area contributed by atoms with Crippen LogP contribution in [-0.4, -0.2) is 16.6 Å². The SMILES string of the molecule is CC(C)C1CCC(c2nc(N)c3c(n2)CCOC3)CC1. The normalized spacial score (nSPS) is 26.6. The van der Waals surface area contributed by atoms with Crippen molar-refractivity contribution in [2.24, 2.45) is 11.8 Å². The van der Waals surface area contributed by atoms with Gasteiger partial charge in [-0.3, -0.25) is 0 Å². The molecule has 1 aliphatic carbocycles. The molecule has 0 saturated heterocycles. The molecule has 2 aliphatic rings. The molecule has 4 nitrogen and oxygen atoms in total. The van der Waals surface area contributed by atoms with Crippen molar-refractivity contribution in [2.75, 3.05) is 12.3 Å². The van der Waals surface area contributed by atoms with E-state index in [2.05, 4.69) is 18.8 Å². The minimum Gasteiger partial charge on any atom is -0.383 e. The van der Waals surface area contributed by atoms with Crippen molar-refractivity contribution in [1.82, 2.24) is 9.97 Å². The van der Waals surface area contributed by atoms with E-state index in [1.54, 1.807) is 0 Å². The number of hydrogen-bond donors (Lipinski definition) is 1. The molecular formula is C16H25N3O. The summed E-state index contributed by atoms with van der Waals surface area (Å²) < 4.78 is 5.44. The van der Waals surface area contributed by atoms with Crippen LogP contribution < -0.4 is 5.73 Å². The van der Waals surface area contributed by atoms with Crippen LogP contribution in [0.1, 0.15) is 62.5 Å². The third-order valence-corrected chi connectivity index (χ3v) is 4.95. The topological polar surface area (TPSA) is 61.0 Å². The van der Waals surface area contributed by atoms with Gasteiger partial charge >= 0.3 is 0 Å². The average Bonchev–Trinajstić information content (AvgIpc) is 2.47. The minimum absolute atomic E-state index is 0.500. The summed E-state index contributed by atoms with van der Waals surface area (Å²) >= 11 is 0. The van der Waals surface area contributed by atoms with E-state index in [4.69, 9.17) is 15.5 Å². The number of nitrogen functional groups attached to an aromatic ring is 1. The molecule has 3 rings (SSSR count). The summed E-state index contributed by atoms with van der Waals surface area (Å²) in [5.41, 5.74) is 8.22. The highest BCUT2D eigenvalue weighted by atomic mass is 16.5. The highest BCUT2D eigenvalue weighted by Crippen LogP contribution is 2.38. The summed E-state index contributed by atoms with van der Waals surface area (Å²) in [7, 11) is 0. The maximum absolute atomic E-state index is 6.09. The van der Waals surface area contributed by atoms with E-state index in [1.165, 1.54) is 25.7 Å². The van der Waals surface area contributed by atoms with Gasteiger partial charge in [0.2, 0.25) is 0 Å². The van der Waals surface area contributed by atoms with Crippen LogP contribution in [-0.2, 0) is 17.8 Å². The maximum atomic E-state index is 6.09. The van der Waals surface area contributed by atoms with Crippen molar-refractivity contribution in [3.05, 3.63) is 17.1 Å². The summed E-state index contributed by atoms with van der Waals surface area (Å²) in [5, 5.41) is 0. The van der Waals surface area contributed by atoms with E-state index in [0.29, 0.717) is 18.3 Å². The van der Waals surface area contributed by atoms with E-state index in [1.807, 2.05) is 0 Å². The third kappa shape index (κ3) is 2.66. The highest BCUT2D eigenvalue weighted by Gasteiger charge is 2.27. The Kier molecular flexibility index (Phi) is 3.92. The quantitative estimate of drug-likeness (QED) is 0.901. The Labute approximate surface area is 121 Å². The van der Waals surface area contributed by atoms with Gasteiger partial charge in [0.05, 0.1) is 18.9 Å². The van der Waals surface area contributed by atoms with Crippen LogP contribution in [0.15, 0.2) is 0 Å². The Morgan fingerprint density at radius 3 is 2.60 bits per heavy atom. The van der Waals surface area contributed by atoms with Crippen molar-refractivity contribution in [3.8, 4) is 0 Å². The molecule has 2 N–H and O–H groups in total. The second-order valence-corrected chi connectivity index (χ2v) is 6.55. The minimum atomic E-state index is 0.500. The molecule has 0 bridgehead atoms. The molecule has 0 amide bonds. The van der Waals surface area contributed by atoms with Gasteiger partial charge in [-0.05, 0) is 37.5 Å². The van der Waals surface area contributed by atoms with Crippen LogP contribution in [0, 0.1) is 11.8 Å². The molecule has 1 saturated carbocycles. The zero-order chi connectivity index (χ0) is 14.1. The highest BCUT2D eigenvalue weighted by molar-refractivity contribution is 5.43. The number of nitrogens with zero attached hydrogens (tertiary/aromatic N) is 2. The van der Waals surface area contributed by atoms with Crippen LogP contribution in [0.2, 0.25) is 0 Å². The molecule has 0 radical (unpaired) electrons. The van der Waals surface area contributed by atoms with Crippen LogP contribution >= 0.6 is 0 Å². The second kappa shape index (κ2) is 5.68. The van der Waals surface area contributed by atoms with Crippen molar-refractivity contribution in [3.63, 3.8) is 0 Å². The molecule has 110 valence electrons. The predicted octanol–water partition coefficient (Wildman–Crippen LogP) is 3.06. The Morgan fingerprint density at radius 2 is 1.90 bits per heavy atom. The fraction of sp³-hybridized carbons (Fsp3) is 0.750. The number of aromatic nitrogens is 2. The van der Waals surface area contributed by atoms with Gasteiger partial charge in [0.25, 0.3) is 0 Å². The molecular weight excluding hydrogens is 250 g/mol. The molecule has 0 unspecified atom stereocenters. The van der Waals surface area contributed by atoms with Gasteiger partial charge in [0.15, 0.2) is 0 Å². The molecule has 1 aliphatic heterocycles. The van der Waals surface area contributed by atoms with Gasteiger partial charge in [-0.15, -0.1) is 0 Å². The van der Waals surface area contributed by atoms with Crippen LogP contribution in [0.4, 0.5) is 5.82 Å². The van der Waals surface area contributed by atoms with Crippen molar-refractivity contribution >= 4 is 5.82 Å². The molecule has 1 aromatic heterocycles. The number of nitrogens with two attached hydrogens (primary N) is 1. The summed E-state index contributed by atoms with van der Waals surface area (Å²) in [6, 6.07) is 0. The standard InChI is InChI=1S/C16H25N3O/c1-10(2)11-3-5-12(6-4-11)16-18-14-7-8-20-9-13(14)15(17)19-16/h10-12H,3-9H2,1-2H3,(H2,17,18,19). The monoisotopic (exact) mass is 275 g/mol. The number of hydrogen-bond acceptors (Lipinski definition) is 4. The first-order valence-electron chi connectivity index (χ1n) is 7.88. The fourth-order valence-electron chi connectivity index (χ4n) is 3.50. The molecule has 2 heterocycles. The Bertz CT molecular complexity index is 479. The lowest BCUT2D eigenvalue weighted by atomic mass is 9.76. The van der Waals surface area contributed by atoms with E-state index < -0.39 is 0 Å². The van der Waals surface area contributed by atoms with Gasteiger partial charge in [0.1, 0.15) is 11.6 Å². The molecule has 1 fully saturated rings.